The molecule has 242 valence electrons. The highest BCUT2D eigenvalue weighted by Crippen LogP contribution is 2.36. The van der Waals surface area contributed by atoms with Crippen LogP contribution in [0.25, 0.3) is 17.0 Å². The second-order valence-electron chi connectivity index (χ2n) is 12.6. The van der Waals surface area contributed by atoms with Crippen molar-refractivity contribution in [1.29, 1.82) is 0 Å². The van der Waals surface area contributed by atoms with E-state index in [-0.39, 0.29) is 23.7 Å². The Kier molecular flexibility index (Phi) is 11.5. The van der Waals surface area contributed by atoms with E-state index >= 15 is 0 Å². The van der Waals surface area contributed by atoms with Gasteiger partial charge in [0.1, 0.15) is 24.2 Å². The summed E-state index contributed by atoms with van der Waals surface area (Å²) >= 11 is 0. The lowest BCUT2D eigenvalue weighted by atomic mass is 9.97. The van der Waals surface area contributed by atoms with Crippen LogP contribution in [0.15, 0.2) is 49.1 Å². The van der Waals surface area contributed by atoms with Crippen LogP contribution in [0, 0.1) is 17.8 Å². The number of aromatic nitrogens is 1. The number of allylic oxidation sites excluding steroid dienone is 1. The van der Waals surface area contributed by atoms with Crippen LogP contribution < -0.4 is 16.1 Å². The molecule has 1 saturated heterocycles. The second-order valence-corrected chi connectivity index (χ2v) is 12.6. The minimum Gasteiger partial charge on any atom is -0.455 e. The quantitative estimate of drug-likeness (QED) is 0.221. The third-order valence-corrected chi connectivity index (χ3v) is 8.44. The van der Waals surface area contributed by atoms with Crippen LogP contribution in [0.1, 0.15) is 84.1 Å². The van der Waals surface area contributed by atoms with Crippen LogP contribution in [0.4, 0.5) is 0 Å². The van der Waals surface area contributed by atoms with E-state index in [2.05, 4.69) is 27.6 Å². The number of rotatable bonds is 13. The summed E-state index contributed by atoms with van der Waals surface area (Å²) in [6.45, 7) is 13.2. The topological polar surface area (TPSA) is 130 Å². The number of nitrogens with zero attached hydrogens (tertiary/aromatic N) is 2. The number of benzene rings is 1. The molecule has 1 saturated carbocycles. The highest BCUT2D eigenvalue weighted by molar-refractivity contribution is 5.93. The molecule has 0 radical (unpaired) electrons. The molecule has 10 nitrogen and oxygen atoms in total. The van der Waals surface area contributed by atoms with Crippen molar-refractivity contribution in [2.45, 2.75) is 91.0 Å². The minimum atomic E-state index is -0.878. The molecule has 0 spiro atoms. The number of pyridine rings is 1. The van der Waals surface area contributed by atoms with Crippen molar-refractivity contribution in [3.8, 4) is 0 Å². The molecule has 3 amide bonds. The highest BCUT2D eigenvalue weighted by atomic mass is 16.5. The standard InChI is InChI=1S/C35H47N5O5/c1-7-10-27(19-25-12-13-25)32(41)38-31(21(3)4)33(42)36-22(5)34(43)40-18-9-11-29(39-40)35(44)45-23(6)28-17-16-26-15-14-24(8-2)20-30(26)37-28/h7-8,10,14-17,20-23,25,27,29,31,39H,2,9,11-13,18-19H2,1,3-6H3,(H,36,42)(H,38,41)/t22-,23+,27-,29-,31-/m0/s1. The Morgan fingerprint density at radius 3 is 2.47 bits per heavy atom. The maximum atomic E-state index is 13.3. The summed E-state index contributed by atoms with van der Waals surface area (Å²) in [6, 6.07) is 7.25. The van der Waals surface area contributed by atoms with Gasteiger partial charge in [0.25, 0.3) is 5.91 Å². The molecule has 3 N–H and O–H groups in total. The molecule has 5 atom stereocenters. The van der Waals surface area contributed by atoms with Crippen molar-refractivity contribution in [2.75, 3.05) is 6.54 Å². The van der Waals surface area contributed by atoms with Crippen LogP contribution in [0.5, 0.6) is 0 Å². The average Bonchev–Trinajstić information content (AvgIpc) is 3.86. The number of carbonyl (C=O) groups excluding carboxylic acids is 4. The molecule has 2 fully saturated rings. The molecular weight excluding hydrogens is 570 g/mol. The first-order valence-corrected chi connectivity index (χ1v) is 16.1. The van der Waals surface area contributed by atoms with Gasteiger partial charge in [-0.25, -0.2) is 10.4 Å². The zero-order chi connectivity index (χ0) is 32.7. The lowest BCUT2D eigenvalue weighted by Gasteiger charge is -2.35. The van der Waals surface area contributed by atoms with Crippen LogP contribution >= 0.6 is 0 Å². The Morgan fingerprint density at radius 2 is 1.80 bits per heavy atom. The Bertz CT molecular complexity index is 1430. The van der Waals surface area contributed by atoms with Gasteiger partial charge in [-0.3, -0.25) is 24.2 Å². The average molecular weight is 618 g/mol. The fourth-order valence-corrected chi connectivity index (χ4v) is 5.55. The van der Waals surface area contributed by atoms with E-state index in [1.54, 1.807) is 19.9 Å². The summed E-state index contributed by atoms with van der Waals surface area (Å²) < 4.78 is 5.76. The molecule has 0 bridgehead atoms. The summed E-state index contributed by atoms with van der Waals surface area (Å²) in [5.41, 5.74) is 5.35. The van der Waals surface area contributed by atoms with Crippen molar-refractivity contribution in [3.05, 3.63) is 60.3 Å². The highest BCUT2D eigenvalue weighted by Gasteiger charge is 2.35. The van der Waals surface area contributed by atoms with Gasteiger partial charge in [-0.15, -0.1) is 0 Å². The smallest absolute Gasteiger partial charge is 0.325 e. The summed E-state index contributed by atoms with van der Waals surface area (Å²) in [5.74, 6) is -1.37. The molecule has 1 aromatic carbocycles. The first-order chi connectivity index (χ1) is 21.5. The monoisotopic (exact) mass is 617 g/mol. The maximum absolute atomic E-state index is 13.3. The maximum Gasteiger partial charge on any atom is 0.325 e. The Balaban J connectivity index is 1.32. The van der Waals surface area contributed by atoms with Gasteiger partial charge in [0.2, 0.25) is 11.8 Å². The molecule has 1 aromatic heterocycles. The van der Waals surface area contributed by atoms with Crippen molar-refractivity contribution in [3.63, 3.8) is 0 Å². The van der Waals surface area contributed by atoms with Crippen LogP contribution in [-0.2, 0) is 23.9 Å². The number of nitrogens with one attached hydrogen (secondary N) is 3. The number of hydrogen-bond donors (Lipinski definition) is 3. The molecule has 1 aliphatic heterocycles. The molecule has 0 unspecified atom stereocenters. The lowest BCUT2D eigenvalue weighted by molar-refractivity contribution is -0.157. The van der Waals surface area contributed by atoms with E-state index in [0.717, 1.165) is 35.7 Å². The Hall–Kier alpha value is -4.05. The number of ether oxygens (including phenoxy) is 1. The van der Waals surface area contributed by atoms with Gasteiger partial charge >= 0.3 is 5.97 Å². The van der Waals surface area contributed by atoms with Crippen molar-refractivity contribution < 1.29 is 23.9 Å². The van der Waals surface area contributed by atoms with Crippen molar-refractivity contribution in [1.82, 2.24) is 26.1 Å². The molecule has 2 aliphatic rings. The zero-order valence-corrected chi connectivity index (χ0v) is 27.0. The van der Waals surface area contributed by atoms with Crippen LogP contribution in [0.2, 0.25) is 0 Å². The van der Waals surface area contributed by atoms with Crippen molar-refractivity contribution >= 4 is 40.7 Å². The van der Waals surface area contributed by atoms with E-state index in [1.807, 2.05) is 63.3 Å². The van der Waals surface area contributed by atoms with E-state index in [0.29, 0.717) is 31.0 Å². The van der Waals surface area contributed by atoms with Gasteiger partial charge in [0.15, 0.2) is 0 Å². The van der Waals surface area contributed by atoms with E-state index in [1.165, 1.54) is 5.01 Å². The molecule has 4 rings (SSSR count). The van der Waals surface area contributed by atoms with Gasteiger partial charge in [0.05, 0.1) is 17.1 Å². The molecule has 2 aromatic rings. The number of carbonyl (C=O) groups is 4. The van der Waals surface area contributed by atoms with Gasteiger partial charge in [-0.05, 0) is 69.6 Å². The number of hydrogen-bond acceptors (Lipinski definition) is 7. The predicted molar refractivity (Wildman–Crippen MR) is 174 cm³/mol. The largest absolute Gasteiger partial charge is 0.455 e. The molecular formula is C35H47N5O5. The minimum absolute atomic E-state index is 0.179. The van der Waals surface area contributed by atoms with Gasteiger partial charge in [-0.1, -0.05) is 69.7 Å². The number of esters is 1. The zero-order valence-electron chi connectivity index (χ0n) is 27.0. The predicted octanol–water partition coefficient (Wildman–Crippen LogP) is 4.62. The van der Waals surface area contributed by atoms with E-state index < -0.39 is 36.1 Å². The Morgan fingerprint density at radius 1 is 1.07 bits per heavy atom. The fourth-order valence-electron chi connectivity index (χ4n) is 5.55. The number of fused-ring (bicyclic) bond motifs is 1. The van der Waals surface area contributed by atoms with Crippen LogP contribution in [-0.4, -0.2) is 58.4 Å². The SMILES string of the molecule is C=Cc1ccc2ccc([C@@H](C)OC(=O)[C@@H]3CCCN(C(=O)[C@H](C)NC(=O)[C@@H](NC(=O)[C@@H](C=CC)CC4CC4)C(C)C)N3)nc2c1. The summed E-state index contributed by atoms with van der Waals surface area (Å²) in [6.07, 6.45) is 9.04. The summed E-state index contributed by atoms with van der Waals surface area (Å²) in [5, 5.41) is 8.03. The molecule has 2 heterocycles. The van der Waals surface area contributed by atoms with Crippen molar-refractivity contribution in [2.24, 2.45) is 17.8 Å². The Labute approximate surface area is 266 Å². The van der Waals surface area contributed by atoms with Crippen LogP contribution in [0.3, 0.4) is 0 Å². The van der Waals surface area contributed by atoms with E-state index in [9.17, 15) is 19.2 Å². The third kappa shape index (κ3) is 9.00. The third-order valence-electron chi connectivity index (χ3n) is 8.44. The molecule has 45 heavy (non-hydrogen) atoms. The van der Waals surface area contributed by atoms with Gasteiger partial charge in [-0.2, -0.15) is 0 Å². The van der Waals surface area contributed by atoms with E-state index in [4.69, 9.17) is 4.74 Å². The molecule has 1 aliphatic carbocycles. The summed E-state index contributed by atoms with van der Waals surface area (Å²) in [7, 11) is 0. The van der Waals surface area contributed by atoms with Gasteiger partial charge in [0, 0.05) is 11.9 Å². The normalized spacial score (nSPS) is 19.5. The number of amides is 3. The second kappa shape index (κ2) is 15.3. The fraction of sp³-hybridized carbons (Fsp3) is 0.514. The first kappa shape index (κ1) is 33.8. The first-order valence-electron chi connectivity index (χ1n) is 16.1. The molecule has 10 heteroatoms. The summed E-state index contributed by atoms with van der Waals surface area (Å²) in [4.78, 5) is 57.5. The number of hydrazine groups is 1. The van der Waals surface area contributed by atoms with Gasteiger partial charge < -0.3 is 15.4 Å². The lowest BCUT2D eigenvalue weighted by Crippen LogP contribution is -2.61.